The summed E-state index contributed by atoms with van der Waals surface area (Å²) in [6.07, 6.45) is 3.83. The predicted octanol–water partition coefficient (Wildman–Crippen LogP) is 0.823. The first-order valence-corrected chi connectivity index (χ1v) is 2.17. The summed E-state index contributed by atoms with van der Waals surface area (Å²) in [6, 6.07) is 0. The lowest BCUT2D eigenvalue weighted by molar-refractivity contribution is 0.551. The minimum atomic E-state index is 0.440. The van der Waals surface area contributed by atoms with Crippen molar-refractivity contribution in [3.05, 3.63) is 18.4 Å². The third kappa shape index (κ3) is 0.838. The van der Waals surface area contributed by atoms with Gasteiger partial charge in [-0.2, -0.15) is 0 Å². The molecule has 0 aliphatic rings. The molecular formula is C4H2NOS. The fraction of sp³-hybridized carbons (Fsp3) is 0. The molecule has 1 heterocycles. The van der Waals surface area contributed by atoms with Crippen LogP contribution in [0.4, 0.5) is 0 Å². The van der Waals surface area contributed by atoms with Gasteiger partial charge in [0.05, 0.1) is 5.37 Å². The number of nitrogens with zero attached hydrogens (tertiary/aromatic N) is 1. The molecule has 1 aromatic heterocycles. The minimum Gasteiger partial charge on any atom is -0.444 e. The van der Waals surface area contributed by atoms with Crippen molar-refractivity contribution in [3.8, 4) is 0 Å². The summed E-state index contributed by atoms with van der Waals surface area (Å²) in [5.74, 6) is 0.440. The van der Waals surface area contributed by atoms with Crippen LogP contribution in [0.15, 0.2) is 10.7 Å². The van der Waals surface area contributed by atoms with Crippen molar-refractivity contribution in [3.63, 3.8) is 0 Å². The van der Waals surface area contributed by atoms with Crippen molar-refractivity contribution < 1.29 is 4.42 Å². The molecule has 0 N–H and O–H groups in total. The van der Waals surface area contributed by atoms with E-state index in [4.69, 9.17) is 0 Å². The molecule has 0 atom stereocenters. The summed E-state index contributed by atoms with van der Waals surface area (Å²) in [7, 11) is 0. The number of aromatic nitrogens is 1. The van der Waals surface area contributed by atoms with Gasteiger partial charge in [0.2, 0.25) is 5.89 Å². The molecule has 0 bridgehead atoms. The highest BCUT2D eigenvalue weighted by atomic mass is 32.1. The van der Waals surface area contributed by atoms with E-state index in [0.717, 1.165) is 0 Å². The third-order valence-corrected chi connectivity index (χ3v) is 0.710. The summed E-state index contributed by atoms with van der Waals surface area (Å²) in [4.78, 5) is 3.58. The second-order valence-corrected chi connectivity index (χ2v) is 1.17. The third-order valence-electron chi connectivity index (χ3n) is 0.508. The zero-order valence-corrected chi connectivity index (χ0v) is 4.23. The van der Waals surface area contributed by atoms with E-state index in [-0.39, 0.29) is 0 Å². The highest BCUT2D eigenvalue weighted by Gasteiger charge is 1.84. The smallest absolute Gasteiger partial charge is 0.230 e. The molecule has 0 saturated carbocycles. The van der Waals surface area contributed by atoms with Crippen LogP contribution in [0.3, 0.4) is 0 Å². The number of hydrogen-bond acceptors (Lipinski definition) is 3. The first kappa shape index (κ1) is 4.46. The van der Waals surface area contributed by atoms with Crippen LogP contribution in [0, 0.1) is 6.20 Å². The molecule has 0 aromatic carbocycles. The Morgan fingerprint density at radius 3 is 3.14 bits per heavy atom. The molecule has 0 aliphatic carbocycles. The highest BCUT2D eigenvalue weighted by molar-refractivity contribution is 7.79. The first-order valence-electron chi connectivity index (χ1n) is 1.70. The van der Waals surface area contributed by atoms with Crippen molar-refractivity contribution >= 4 is 17.6 Å². The molecule has 35 valence electrons. The Balaban J connectivity index is 2.96. The van der Waals surface area contributed by atoms with Gasteiger partial charge in [-0.3, -0.25) is 0 Å². The second-order valence-electron chi connectivity index (χ2n) is 0.933. The molecule has 0 fully saturated rings. The average molecular weight is 112 g/mol. The maximum Gasteiger partial charge on any atom is 0.230 e. The van der Waals surface area contributed by atoms with Gasteiger partial charge in [-0.15, -0.1) is 0 Å². The van der Waals surface area contributed by atoms with Crippen molar-refractivity contribution in [2.45, 2.75) is 0 Å². The molecule has 7 heavy (non-hydrogen) atoms. The van der Waals surface area contributed by atoms with Gasteiger partial charge in [-0.25, -0.2) is 4.98 Å². The quantitative estimate of drug-likeness (QED) is 0.503. The van der Waals surface area contributed by atoms with Gasteiger partial charge in [0.25, 0.3) is 0 Å². The minimum absolute atomic E-state index is 0.440. The van der Waals surface area contributed by atoms with Crippen molar-refractivity contribution in [1.29, 1.82) is 0 Å². The molecule has 1 radical (unpaired) electrons. The van der Waals surface area contributed by atoms with Crippen LogP contribution in [0.5, 0.6) is 0 Å². The Morgan fingerprint density at radius 2 is 2.86 bits per heavy atom. The lowest BCUT2D eigenvalue weighted by atomic mass is 10.8. The fourth-order valence-corrected chi connectivity index (χ4v) is 0.365. The van der Waals surface area contributed by atoms with Gasteiger partial charge in [0.1, 0.15) is 12.5 Å². The molecule has 0 amide bonds. The second kappa shape index (κ2) is 1.84. The zero-order chi connectivity index (χ0) is 5.11. The van der Waals surface area contributed by atoms with Crippen LogP contribution in [0.25, 0.3) is 0 Å². The molecule has 0 saturated heterocycles. The standard InChI is InChI=1S/C4H2NOS/c7-3-4-5-1-2-6-4/h2-3H. The summed E-state index contributed by atoms with van der Waals surface area (Å²) in [6.45, 7) is 0. The van der Waals surface area contributed by atoms with Gasteiger partial charge in [0, 0.05) is 0 Å². The van der Waals surface area contributed by atoms with Gasteiger partial charge in [0.15, 0.2) is 0 Å². The Labute approximate surface area is 46.2 Å². The Hall–Kier alpha value is -0.700. The van der Waals surface area contributed by atoms with Crippen LogP contribution in [-0.4, -0.2) is 10.4 Å². The van der Waals surface area contributed by atoms with E-state index in [2.05, 4.69) is 27.8 Å². The van der Waals surface area contributed by atoms with Crippen molar-refractivity contribution in [1.82, 2.24) is 4.98 Å². The van der Waals surface area contributed by atoms with Gasteiger partial charge in [-0.05, 0) is 0 Å². The van der Waals surface area contributed by atoms with Crippen molar-refractivity contribution in [2.24, 2.45) is 0 Å². The summed E-state index contributed by atoms with van der Waals surface area (Å²) in [5, 5.41) is 1.36. The lowest BCUT2D eigenvalue weighted by Crippen LogP contribution is -1.71. The number of hydrogen-bond donors (Lipinski definition) is 0. The molecule has 2 nitrogen and oxygen atoms in total. The topological polar surface area (TPSA) is 26.0 Å². The number of oxazole rings is 1. The van der Waals surface area contributed by atoms with E-state index < -0.39 is 0 Å². The van der Waals surface area contributed by atoms with E-state index in [1.807, 2.05) is 0 Å². The van der Waals surface area contributed by atoms with Gasteiger partial charge in [-0.1, -0.05) is 12.2 Å². The van der Waals surface area contributed by atoms with Crippen LogP contribution in [-0.2, 0) is 0 Å². The predicted molar refractivity (Wildman–Crippen MR) is 28.1 cm³/mol. The molecule has 0 unspecified atom stereocenters. The molecular weight excluding hydrogens is 110 g/mol. The molecule has 1 rings (SSSR count). The summed E-state index contributed by atoms with van der Waals surface area (Å²) < 4.78 is 4.66. The monoisotopic (exact) mass is 112 g/mol. The van der Waals surface area contributed by atoms with Crippen LogP contribution in [0.2, 0.25) is 0 Å². The van der Waals surface area contributed by atoms with Crippen LogP contribution < -0.4 is 0 Å². The normalized spacial score (nSPS) is 8.57. The van der Waals surface area contributed by atoms with Gasteiger partial charge >= 0.3 is 0 Å². The van der Waals surface area contributed by atoms with Crippen LogP contribution >= 0.6 is 12.2 Å². The number of rotatable bonds is 1. The molecule has 0 spiro atoms. The number of thiocarbonyl (C=S) groups is 1. The van der Waals surface area contributed by atoms with E-state index in [1.54, 1.807) is 0 Å². The maximum atomic E-state index is 4.66. The summed E-state index contributed by atoms with van der Waals surface area (Å²) in [5.41, 5.74) is 0. The average Bonchev–Trinajstić information content (AvgIpc) is 2.14. The SMILES string of the molecule is S=Cc1n[c]co1. The Kier molecular flexibility index (Phi) is 1.17. The zero-order valence-electron chi connectivity index (χ0n) is 3.42. The highest BCUT2D eigenvalue weighted by Crippen LogP contribution is 1.86. The van der Waals surface area contributed by atoms with Gasteiger partial charge < -0.3 is 4.42 Å². The lowest BCUT2D eigenvalue weighted by Gasteiger charge is -1.69. The van der Waals surface area contributed by atoms with E-state index in [9.17, 15) is 0 Å². The molecule has 0 aliphatic heterocycles. The van der Waals surface area contributed by atoms with Crippen molar-refractivity contribution in [2.75, 3.05) is 0 Å². The maximum absolute atomic E-state index is 4.66. The Bertz CT molecular complexity index is 147. The van der Waals surface area contributed by atoms with E-state index in [0.29, 0.717) is 5.89 Å². The molecule has 1 aromatic rings. The van der Waals surface area contributed by atoms with Crippen LogP contribution in [0.1, 0.15) is 5.89 Å². The summed E-state index contributed by atoms with van der Waals surface area (Å²) >= 11 is 4.47. The largest absolute Gasteiger partial charge is 0.444 e. The van der Waals surface area contributed by atoms with E-state index in [1.165, 1.54) is 11.6 Å². The fourth-order valence-electron chi connectivity index (χ4n) is 0.257. The Morgan fingerprint density at radius 1 is 2.00 bits per heavy atom. The molecule has 3 heteroatoms. The van der Waals surface area contributed by atoms with E-state index >= 15 is 0 Å². The first-order chi connectivity index (χ1) is 3.43.